The Morgan fingerprint density at radius 3 is 2.50 bits per heavy atom. The second-order valence-corrected chi connectivity index (χ2v) is 7.07. The standard InChI is InChI=1S/C20H25N7O/c1-2-3-4-5-6-7-8-11-14-28-24-18-16-13-10-9-12-15(16)17-19(18)21-20-22-25-26-27(20)23-17/h9-10,12-13H,2-8,11,14H2,1H3/b24-18+. The molecule has 1 aromatic carbocycles. The highest BCUT2D eigenvalue weighted by Crippen LogP contribution is 2.34. The van der Waals surface area contributed by atoms with Crippen molar-refractivity contribution in [1.29, 1.82) is 0 Å². The van der Waals surface area contributed by atoms with E-state index in [-0.39, 0.29) is 0 Å². The van der Waals surface area contributed by atoms with Crippen LogP contribution in [0.2, 0.25) is 0 Å². The van der Waals surface area contributed by atoms with Crippen molar-refractivity contribution in [1.82, 2.24) is 30.2 Å². The summed E-state index contributed by atoms with van der Waals surface area (Å²) in [5, 5.41) is 20.2. The number of aromatic nitrogens is 6. The first-order chi connectivity index (χ1) is 13.9. The molecule has 1 aliphatic carbocycles. The molecule has 2 heterocycles. The molecule has 146 valence electrons. The lowest BCUT2D eigenvalue weighted by Crippen LogP contribution is -2.07. The number of oxime groups is 1. The zero-order valence-corrected chi connectivity index (χ0v) is 16.2. The molecule has 8 heteroatoms. The van der Waals surface area contributed by atoms with Crippen LogP contribution in [0.3, 0.4) is 0 Å². The van der Waals surface area contributed by atoms with Crippen LogP contribution in [-0.4, -0.2) is 42.6 Å². The molecule has 4 rings (SSSR count). The SMILES string of the molecule is CCCCCCCCCCO/N=C1\c2ccccc2-c2nn3nnnc3nc21. The zero-order valence-electron chi connectivity index (χ0n) is 16.2. The third-order valence-electron chi connectivity index (χ3n) is 4.98. The zero-order chi connectivity index (χ0) is 19.2. The van der Waals surface area contributed by atoms with Gasteiger partial charge in [0.1, 0.15) is 23.7 Å². The second kappa shape index (κ2) is 8.86. The van der Waals surface area contributed by atoms with Crippen molar-refractivity contribution in [2.75, 3.05) is 6.61 Å². The van der Waals surface area contributed by atoms with E-state index in [0.717, 1.165) is 23.2 Å². The van der Waals surface area contributed by atoms with Crippen LogP contribution < -0.4 is 0 Å². The van der Waals surface area contributed by atoms with Crippen molar-refractivity contribution in [2.45, 2.75) is 58.3 Å². The molecule has 8 nitrogen and oxygen atoms in total. The molecule has 2 aromatic heterocycles. The second-order valence-electron chi connectivity index (χ2n) is 7.07. The van der Waals surface area contributed by atoms with Gasteiger partial charge in [-0.3, -0.25) is 0 Å². The van der Waals surface area contributed by atoms with E-state index in [1.165, 1.54) is 49.6 Å². The Morgan fingerprint density at radius 1 is 0.929 bits per heavy atom. The molecule has 0 spiro atoms. The van der Waals surface area contributed by atoms with E-state index in [9.17, 15) is 0 Å². The topological polar surface area (TPSA) is 90.5 Å². The summed E-state index contributed by atoms with van der Waals surface area (Å²) >= 11 is 0. The molecule has 0 saturated heterocycles. The quantitative estimate of drug-likeness (QED) is 0.307. The van der Waals surface area contributed by atoms with Crippen LogP contribution in [0.15, 0.2) is 29.4 Å². The van der Waals surface area contributed by atoms with Crippen LogP contribution in [0.1, 0.15) is 69.5 Å². The van der Waals surface area contributed by atoms with Crippen LogP contribution in [0, 0.1) is 0 Å². The van der Waals surface area contributed by atoms with Crippen molar-refractivity contribution >= 4 is 11.5 Å². The Balaban J connectivity index is 1.38. The lowest BCUT2D eigenvalue weighted by molar-refractivity contribution is 0.140. The Labute approximate surface area is 164 Å². The van der Waals surface area contributed by atoms with E-state index in [4.69, 9.17) is 4.84 Å². The maximum atomic E-state index is 5.63. The summed E-state index contributed by atoms with van der Waals surface area (Å²) < 4.78 is 1.33. The van der Waals surface area contributed by atoms with E-state index < -0.39 is 0 Å². The summed E-state index contributed by atoms with van der Waals surface area (Å²) in [5.74, 6) is 0.349. The first-order valence-electron chi connectivity index (χ1n) is 10.1. The average molecular weight is 379 g/mol. The fourth-order valence-corrected chi connectivity index (χ4v) is 3.48. The Morgan fingerprint density at radius 2 is 1.68 bits per heavy atom. The van der Waals surface area contributed by atoms with E-state index in [2.05, 4.69) is 37.7 Å². The summed E-state index contributed by atoms with van der Waals surface area (Å²) in [5.41, 5.74) is 4.03. The Hall–Kier alpha value is -2.90. The number of hydrogen-bond acceptors (Lipinski definition) is 7. The molecule has 0 saturated carbocycles. The van der Waals surface area contributed by atoms with E-state index >= 15 is 0 Å². The molecule has 0 radical (unpaired) electrons. The van der Waals surface area contributed by atoms with Gasteiger partial charge in [0.25, 0.3) is 5.78 Å². The minimum Gasteiger partial charge on any atom is -0.395 e. The number of rotatable bonds is 10. The molecule has 0 atom stereocenters. The van der Waals surface area contributed by atoms with Gasteiger partial charge in [-0.1, -0.05) is 84.6 Å². The van der Waals surface area contributed by atoms with Crippen molar-refractivity contribution in [3.05, 3.63) is 35.5 Å². The third kappa shape index (κ3) is 3.85. The summed E-state index contributed by atoms with van der Waals surface area (Å²) in [7, 11) is 0. The van der Waals surface area contributed by atoms with Gasteiger partial charge in [-0.05, 0) is 23.3 Å². The van der Waals surface area contributed by atoms with Crippen LogP contribution in [0.5, 0.6) is 0 Å². The first kappa shape index (κ1) is 18.5. The summed E-state index contributed by atoms with van der Waals surface area (Å²) in [6.07, 6.45) is 10.1. The molecule has 0 N–H and O–H groups in total. The highest BCUT2D eigenvalue weighted by atomic mass is 16.6. The average Bonchev–Trinajstić information content (AvgIpc) is 3.30. The predicted octanol–water partition coefficient (Wildman–Crippen LogP) is 3.80. The normalized spacial score (nSPS) is 13.8. The van der Waals surface area contributed by atoms with Crippen molar-refractivity contribution in [3.8, 4) is 11.3 Å². The maximum absolute atomic E-state index is 5.63. The number of tetrazole rings is 1. The van der Waals surface area contributed by atoms with Gasteiger partial charge < -0.3 is 4.84 Å². The molecule has 28 heavy (non-hydrogen) atoms. The van der Waals surface area contributed by atoms with Crippen molar-refractivity contribution in [2.24, 2.45) is 5.16 Å². The van der Waals surface area contributed by atoms with Gasteiger partial charge in [0.15, 0.2) is 0 Å². The van der Waals surface area contributed by atoms with Crippen LogP contribution in [0.4, 0.5) is 0 Å². The lowest BCUT2D eigenvalue weighted by Gasteiger charge is -2.03. The summed E-state index contributed by atoms with van der Waals surface area (Å²) in [6.45, 7) is 2.86. The van der Waals surface area contributed by atoms with Gasteiger partial charge in [0.05, 0.1) is 0 Å². The van der Waals surface area contributed by atoms with Gasteiger partial charge in [-0.15, -0.1) is 5.10 Å². The minimum absolute atomic E-state index is 0.349. The molecule has 1 aliphatic rings. The van der Waals surface area contributed by atoms with Gasteiger partial charge in [-0.25, -0.2) is 4.98 Å². The van der Waals surface area contributed by atoms with E-state index in [0.29, 0.717) is 23.8 Å². The molecule has 3 aromatic rings. The third-order valence-corrected chi connectivity index (χ3v) is 4.98. The fraction of sp³-hybridized carbons (Fsp3) is 0.500. The van der Waals surface area contributed by atoms with Crippen molar-refractivity contribution < 1.29 is 4.84 Å². The molecule has 0 aliphatic heterocycles. The molecule has 0 bridgehead atoms. The van der Waals surface area contributed by atoms with Gasteiger partial charge in [0.2, 0.25) is 0 Å². The molecule has 0 unspecified atom stereocenters. The summed E-state index contributed by atoms with van der Waals surface area (Å²) in [4.78, 5) is 10.2. The van der Waals surface area contributed by atoms with Gasteiger partial charge >= 0.3 is 0 Å². The number of unbranched alkanes of at least 4 members (excludes halogenated alkanes) is 7. The minimum atomic E-state index is 0.349. The van der Waals surface area contributed by atoms with E-state index in [1.807, 2.05) is 24.3 Å². The number of fused-ring (bicyclic) bond motifs is 4. The molecular formula is C20H25N7O. The summed E-state index contributed by atoms with van der Waals surface area (Å²) in [6, 6.07) is 7.95. The molecule has 0 amide bonds. The smallest absolute Gasteiger partial charge is 0.292 e. The number of nitrogens with zero attached hydrogens (tertiary/aromatic N) is 7. The van der Waals surface area contributed by atoms with E-state index in [1.54, 1.807) is 0 Å². The van der Waals surface area contributed by atoms with Crippen LogP contribution in [-0.2, 0) is 4.84 Å². The molecule has 0 fully saturated rings. The lowest BCUT2D eigenvalue weighted by atomic mass is 10.1. The number of benzene rings is 1. The Kier molecular flexibility index (Phi) is 5.84. The first-order valence-corrected chi connectivity index (χ1v) is 10.1. The predicted molar refractivity (Wildman–Crippen MR) is 106 cm³/mol. The molecular weight excluding hydrogens is 354 g/mol. The van der Waals surface area contributed by atoms with Crippen LogP contribution in [0.25, 0.3) is 17.0 Å². The highest BCUT2D eigenvalue weighted by Gasteiger charge is 2.29. The van der Waals surface area contributed by atoms with Gasteiger partial charge in [-0.2, -0.15) is 0 Å². The van der Waals surface area contributed by atoms with Crippen LogP contribution >= 0.6 is 0 Å². The monoisotopic (exact) mass is 379 g/mol. The largest absolute Gasteiger partial charge is 0.395 e. The highest BCUT2D eigenvalue weighted by molar-refractivity contribution is 6.22. The Bertz CT molecular complexity index is 966. The number of hydrogen-bond donors (Lipinski definition) is 0. The maximum Gasteiger partial charge on any atom is 0.292 e. The van der Waals surface area contributed by atoms with Crippen molar-refractivity contribution in [3.63, 3.8) is 0 Å². The fourth-order valence-electron chi connectivity index (χ4n) is 3.48. The van der Waals surface area contributed by atoms with Gasteiger partial charge in [0, 0.05) is 11.1 Å².